The summed E-state index contributed by atoms with van der Waals surface area (Å²) in [5.74, 6) is 0.147. The van der Waals surface area contributed by atoms with Crippen LogP contribution in [0.2, 0.25) is 0 Å². The Labute approximate surface area is 117 Å². The molecule has 0 radical (unpaired) electrons. The molecule has 1 fully saturated rings. The molecular formula is C15H29NO3. The Hall–Kier alpha value is -0.610. The van der Waals surface area contributed by atoms with E-state index in [1.165, 1.54) is 13.5 Å². The van der Waals surface area contributed by atoms with Crippen molar-refractivity contribution in [1.82, 2.24) is 4.90 Å². The van der Waals surface area contributed by atoms with Gasteiger partial charge in [0.25, 0.3) is 0 Å². The van der Waals surface area contributed by atoms with Crippen molar-refractivity contribution < 1.29 is 14.6 Å². The predicted octanol–water partition coefficient (Wildman–Crippen LogP) is 2.20. The van der Waals surface area contributed by atoms with Crippen LogP contribution in [0.15, 0.2) is 0 Å². The van der Waals surface area contributed by atoms with Crippen molar-refractivity contribution in [2.24, 2.45) is 5.92 Å². The van der Waals surface area contributed by atoms with Crippen molar-refractivity contribution in [1.29, 1.82) is 0 Å². The van der Waals surface area contributed by atoms with Crippen molar-refractivity contribution in [2.45, 2.75) is 64.0 Å². The SMILES string of the molecule is CCCCC(C(=O)OC)N(C)CC1CCCCC1O. The number of rotatable bonds is 7. The lowest BCUT2D eigenvalue weighted by Crippen LogP contribution is -2.44. The molecule has 0 aromatic carbocycles. The van der Waals surface area contributed by atoms with Crippen LogP contribution >= 0.6 is 0 Å². The van der Waals surface area contributed by atoms with Gasteiger partial charge in [-0.05, 0) is 32.2 Å². The fraction of sp³-hybridized carbons (Fsp3) is 0.933. The van der Waals surface area contributed by atoms with Crippen LogP contribution in [0, 0.1) is 5.92 Å². The van der Waals surface area contributed by atoms with E-state index < -0.39 is 0 Å². The Balaban J connectivity index is 2.54. The molecule has 0 bridgehead atoms. The van der Waals surface area contributed by atoms with Gasteiger partial charge in [0.15, 0.2) is 0 Å². The molecule has 0 heterocycles. The quantitative estimate of drug-likeness (QED) is 0.721. The van der Waals surface area contributed by atoms with Crippen LogP contribution in [-0.4, -0.2) is 48.8 Å². The fourth-order valence-electron chi connectivity index (χ4n) is 2.95. The molecule has 0 aliphatic heterocycles. The minimum Gasteiger partial charge on any atom is -0.468 e. The van der Waals surface area contributed by atoms with Gasteiger partial charge in [-0.3, -0.25) is 9.69 Å². The summed E-state index contributed by atoms with van der Waals surface area (Å²) in [5.41, 5.74) is 0. The Morgan fingerprint density at radius 2 is 2.11 bits per heavy atom. The Kier molecular flexibility index (Phi) is 7.39. The maximum absolute atomic E-state index is 11.9. The molecule has 1 aliphatic rings. The van der Waals surface area contributed by atoms with Gasteiger partial charge < -0.3 is 9.84 Å². The molecule has 1 N–H and O–H groups in total. The van der Waals surface area contributed by atoms with E-state index in [-0.39, 0.29) is 18.1 Å². The first kappa shape index (κ1) is 16.4. The van der Waals surface area contributed by atoms with Crippen LogP contribution < -0.4 is 0 Å². The standard InChI is InChI=1S/C15H29NO3/c1-4-5-9-13(15(18)19-3)16(2)11-12-8-6-7-10-14(12)17/h12-14,17H,4-11H2,1-3H3. The predicted molar refractivity (Wildman–Crippen MR) is 75.9 cm³/mol. The van der Waals surface area contributed by atoms with Gasteiger partial charge in [-0.15, -0.1) is 0 Å². The molecule has 4 heteroatoms. The van der Waals surface area contributed by atoms with Crippen LogP contribution in [0.4, 0.5) is 0 Å². The first-order valence-corrected chi connectivity index (χ1v) is 7.56. The number of nitrogens with zero attached hydrogens (tertiary/aromatic N) is 1. The third-order valence-electron chi connectivity index (χ3n) is 4.23. The maximum atomic E-state index is 11.9. The lowest BCUT2D eigenvalue weighted by Gasteiger charge is -2.34. The summed E-state index contributed by atoms with van der Waals surface area (Å²) in [7, 11) is 3.42. The molecule has 1 saturated carbocycles. The summed E-state index contributed by atoms with van der Waals surface area (Å²) in [6.07, 6.45) is 7.00. The Morgan fingerprint density at radius 3 is 2.68 bits per heavy atom. The van der Waals surface area contributed by atoms with Gasteiger partial charge in [-0.2, -0.15) is 0 Å². The van der Waals surface area contributed by atoms with Gasteiger partial charge in [0.05, 0.1) is 13.2 Å². The topological polar surface area (TPSA) is 49.8 Å². The highest BCUT2D eigenvalue weighted by molar-refractivity contribution is 5.75. The fourth-order valence-corrected chi connectivity index (χ4v) is 2.95. The van der Waals surface area contributed by atoms with Crippen molar-refractivity contribution in [3.63, 3.8) is 0 Å². The molecule has 4 nitrogen and oxygen atoms in total. The van der Waals surface area contributed by atoms with Crippen molar-refractivity contribution in [2.75, 3.05) is 20.7 Å². The number of methoxy groups -OCH3 is 1. The average molecular weight is 271 g/mol. The van der Waals surface area contributed by atoms with Crippen LogP contribution in [0.1, 0.15) is 51.9 Å². The molecule has 112 valence electrons. The zero-order valence-electron chi connectivity index (χ0n) is 12.6. The van der Waals surface area contributed by atoms with Gasteiger partial charge in [-0.25, -0.2) is 0 Å². The Morgan fingerprint density at radius 1 is 1.42 bits per heavy atom. The number of esters is 1. The number of unbranched alkanes of at least 4 members (excludes halogenated alkanes) is 1. The minimum atomic E-state index is -0.208. The highest BCUT2D eigenvalue weighted by atomic mass is 16.5. The molecule has 0 spiro atoms. The summed E-state index contributed by atoms with van der Waals surface area (Å²) >= 11 is 0. The second kappa shape index (κ2) is 8.54. The number of carbonyl (C=O) groups excluding carboxylic acids is 1. The van der Waals surface area contributed by atoms with Gasteiger partial charge in [-0.1, -0.05) is 32.6 Å². The number of ether oxygens (including phenoxy) is 1. The van der Waals surface area contributed by atoms with E-state index >= 15 is 0 Å². The van der Waals surface area contributed by atoms with Gasteiger partial charge in [0.2, 0.25) is 0 Å². The summed E-state index contributed by atoms with van der Waals surface area (Å²) in [4.78, 5) is 13.9. The molecular weight excluding hydrogens is 242 g/mol. The molecule has 19 heavy (non-hydrogen) atoms. The van der Waals surface area contributed by atoms with E-state index in [1.807, 2.05) is 7.05 Å². The normalized spacial score (nSPS) is 25.3. The van der Waals surface area contributed by atoms with Crippen LogP contribution in [0.5, 0.6) is 0 Å². The number of carbonyl (C=O) groups is 1. The highest BCUT2D eigenvalue weighted by Gasteiger charge is 2.29. The number of hydrogen-bond donors (Lipinski definition) is 1. The average Bonchev–Trinajstić information content (AvgIpc) is 2.41. The van der Waals surface area contributed by atoms with Crippen molar-refractivity contribution in [3.05, 3.63) is 0 Å². The van der Waals surface area contributed by atoms with Crippen molar-refractivity contribution >= 4 is 5.97 Å². The van der Waals surface area contributed by atoms with E-state index in [2.05, 4.69) is 11.8 Å². The summed E-state index contributed by atoms with van der Waals surface area (Å²) in [5, 5.41) is 10.0. The summed E-state index contributed by atoms with van der Waals surface area (Å²) in [6.45, 7) is 2.91. The molecule has 3 unspecified atom stereocenters. The molecule has 0 aromatic rings. The molecule has 0 aromatic heterocycles. The second-order valence-corrected chi connectivity index (χ2v) is 5.73. The van der Waals surface area contributed by atoms with E-state index in [0.717, 1.165) is 45.1 Å². The van der Waals surface area contributed by atoms with E-state index in [9.17, 15) is 9.90 Å². The molecule has 3 atom stereocenters. The zero-order chi connectivity index (χ0) is 14.3. The first-order valence-electron chi connectivity index (χ1n) is 7.56. The van der Waals surface area contributed by atoms with Gasteiger partial charge in [0.1, 0.15) is 6.04 Å². The van der Waals surface area contributed by atoms with E-state index in [1.54, 1.807) is 0 Å². The lowest BCUT2D eigenvalue weighted by atomic mass is 9.86. The Bertz CT molecular complexity index is 270. The largest absolute Gasteiger partial charge is 0.468 e. The first-order chi connectivity index (χ1) is 9.10. The van der Waals surface area contributed by atoms with E-state index in [0.29, 0.717) is 5.92 Å². The molecule has 0 amide bonds. The summed E-state index contributed by atoms with van der Waals surface area (Å²) in [6, 6.07) is -0.168. The van der Waals surface area contributed by atoms with Crippen LogP contribution in [0.3, 0.4) is 0 Å². The number of hydrogen-bond acceptors (Lipinski definition) is 4. The monoisotopic (exact) mass is 271 g/mol. The van der Waals surface area contributed by atoms with Gasteiger partial charge in [0, 0.05) is 6.54 Å². The minimum absolute atomic E-state index is 0.152. The number of aliphatic hydroxyl groups is 1. The molecule has 1 aliphatic carbocycles. The smallest absolute Gasteiger partial charge is 0.323 e. The molecule has 0 saturated heterocycles. The third-order valence-corrected chi connectivity index (χ3v) is 4.23. The van der Waals surface area contributed by atoms with Crippen molar-refractivity contribution in [3.8, 4) is 0 Å². The van der Waals surface area contributed by atoms with E-state index in [4.69, 9.17) is 4.74 Å². The highest BCUT2D eigenvalue weighted by Crippen LogP contribution is 2.25. The van der Waals surface area contributed by atoms with Crippen LogP contribution in [-0.2, 0) is 9.53 Å². The molecule has 1 rings (SSSR count). The number of aliphatic hydroxyl groups excluding tert-OH is 1. The van der Waals surface area contributed by atoms with Crippen LogP contribution in [0.25, 0.3) is 0 Å². The zero-order valence-corrected chi connectivity index (χ0v) is 12.6. The summed E-state index contributed by atoms with van der Waals surface area (Å²) < 4.78 is 4.90. The third kappa shape index (κ3) is 5.11. The van der Waals surface area contributed by atoms with Gasteiger partial charge >= 0.3 is 5.97 Å². The second-order valence-electron chi connectivity index (χ2n) is 5.73. The number of likely N-dealkylation sites (N-methyl/N-ethyl adjacent to an activating group) is 1. The lowest BCUT2D eigenvalue weighted by molar-refractivity contribution is -0.147. The maximum Gasteiger partial charge on any atom is 0.323 e.